The number of anilines is 2. The molecule has 6 radical (unpaired) electrons. The summed E-state index contributed by atoms with van der Waals surface area (Å²) in [6.45, 7) is 56.0. The van der Waals surface area contributed by atoms with Crippen molar-refractivity contribution in [1.82, 2.24) is 10.2 Å². The van der Waals surface area contributed by atoms with E-state index in [1.54, 1.807) is 0 Å². The van der Waals surface area contributed by atoms with Crippen molar-refractivity contribution in [1.29, 1.82) is 0 Å². The number of nitrogens with one attached hydrogen (secondary N) is 2. The summed E-state index contributed by atoms with van der Waals surface area (Å²) in [6, 6.07) is 17.3. The molecule has 0 amide bonds. The summed E-state index contributed by atoms with van der Waals surface area (Å²) in [7, 11) is 9.24. The second-order valence-electron chi connectivity index (χ2n) is 9.00. The molecular formula is C38H37N4O10PW2. The molecule has 2 N–H and O–H groups in total. The van der Waals surface area contributed by atoms with Gasteiger partial charge in [0.15, 0.2) is 0 Å². The Kier molecular flexibility index (Phi) is 76.6. The van der Waals surface area contributed by atoms with E-state index in [0.29, 0.717) is 0 Å². The molecule has 0 spiro atoms. The fourth-order valence-corrected chi connectivity index (χ4v) is 5.97. The SMILES string of the molecule is CN(C)c1ccc([C](=[W])N[P]N[C](=[W])c2ccc(N(C)C)cc2)cc1.C[C]1[C](C)[C](C)[C](C)[C]1C.[C-]#[O+].[C-]#[O+].[C-]#[O+].[C-]#[O+].[C-]#[O+].[C-]#[O+].[C-]#[O+].[C-]#[O+].[C-]#[O+].[C-]#[O+]. The molecule has 1 aliphatic carbocycles. The van der Waals surface area contributed by atoms with Gasteiger partial charge in [0.25, 0.3) is 0 Å². The van der Waals surface area contributed by atoms with Crippen LogP contribution in [-0.4, -0.2) is 36.2 Å². The van der Waals surface area contributed by atoms with Gasteiger partial charge in [0.2, 0.25) is 0 Å². The Morgan fingerprint density at radius 1 is 0.400 bits per heavy atom. The molecule has 17 heteroatoms. The molecule has 0 heterocycles. The zero-order valence-corrected chi connectivity index (χ0v) is 38.1. The van der Waals surface area contributed by atoms with Crippen molar-refractivity contribution >= 4 is 28.3 Å². The predicted octanol–water partition coefficient (Wildman–Crippen LogP) is 5.12. The Morgan fingerprint density at radius 3 is 0.709 bits per heavy atom. The number of rotatable bonds is 8. The third kappa shape index (κ3) is 35.1. The Hall–Kier alpha value is -3.09. The zero-order valence-electron chi connectivity index (χ0n) is 31.4. The molecule has 0 atom stereocenters. The molecule has 2 aromatic rings. The van der Waals surface area contributed by atoms with Crippen molar-refractivity contribution in [3.05, 3.63) is 156 Å². The molecule has 55 heavy (non-hydrogen) atoms. The van der Waals surface area contributed by atoms with Crippen LogP contribution in [0.5, 0.6) is 0 Å². The second-order valence-corrected chi connectivity index (χ2v) is 12.6. The van der Waals surface area contributed by atoms with Crippen LogP contribution in [0.15, 0.2) is 48.5 Å². The predicted molar refractivity (Wildman–Crippen MR) is 187 cm³/mol. The Bertz CT molecular complexity index is 1220. The third-order valence-electron chi connectivity index (χ3n) is 6.42. The van der Waals surface area contributed by atoms with Crippen LogP contribution in [0.2, 0.25) is 0 Å². The van der Waals surface area contributed by atoms with E-state index in [1.165, 1.54) is 98.8 Å². The maximum atomic E-state index is 7.50. The maximum absolute atomic E-state index is 7.50. The summed E-state index contributed by atoms with van der Waals surface area (Å²) in [5, 5.41) is 6.93. The molecule has 0 bridgehead atoms. The number of hydrogen-bond donors (Lipinski definition) is 2. The average Bonchev–Trinajstić information content (AvgIpc) is 3.45. The van der Waals surface area contributed by atoms with Crippen LogP contribution in [0, 0.1) is 96.1 Å². The Morgan fingerprint density at radius 2 is 0.564 bits per heavy atom. The zero-order chi connectivity index (χ0) is 46.3. The first-order valence-corrected chi connectivity index (χ1v) is 17.4. The molecule has 14 nitrogen and oxygen atoms in total. The van der Waals surface area contributed by atoms with Gasteiger partial charge in [-0.15, -0.1) is 0 Å². The molecule has 2 aromatic carbocycles. The van der Waals surface area contributed by atoms with Crippen LogP contribution < -0.4 is 20.0 Å². The van der Waals surface area contributed by atoms with E-state index in [1.807, 2.05) is 0 Å². The van der Waals surface area contributed by atoms with Gasteiger partial charge in [0.05, 0.1) is 0 Å². The summed E-state index contributed by atoms with van der Waals surface area (Å²) in [6.07, 6.45) is 0. The molecule has 0 saturated heterocycles. The van der Waals surface area contributed by atoms with Crippen molar-refractivity contribution in [2.24, 2.45) is 0 Å². The van der Waals surface area contributed by atoms with Crippen molar-refractivity contribution in [3.63, 3.8) is 0 Å². The normalized spacial score (nSPS) is 10.3. The van der Waals surface area contributed by atoms with E-state index in [2.05, 4.69) is 198 Å². The number of benzene rings is 2. The summed E-state index contributed by atoms with van der Waals surface area (Å²) in [5.41, 5.74) is 4.93. The number of nitrogens with zero attached hydrogens (tertiary/aromatic N) is 2. The quantitative estimate of drug-likeness (QED) is 0.208. The molecule has 3 rings (SSSR count). The van der Waals surface area contributed by atoms with Gasteiger partial charge >= 0.3 is 288 Å². The van der Waals surface area contributed by atoms with Crippen LogP contribution in [0.4, 0.5) is 11.4 Å². The van der Waals surface area contributed by atoms with Gasteiger partial charge in [-0.3, -0.25) is 0 Å². The Labute approximate surface area is 350 Å². The van der Waals surface area contributed by atoms with Gasteiger partial charge in [-0.05, 0) is 29.6 Å². The first-order chi connectivity index (χ1) is 26.4. The van der Waals surface area contributed by atoms with E-state index < -0.39 is 0 Å². The minimum absolute atomic E-state index is 1.00. The molecular weight excluding hydrogens is 1070 g/mol. The fourth-order valence-electron chi connectivity index (χ4n) is 3.49. The first kappa shape index (κ1) is 73.1. The van der Waals surface area contributed by atoms with E-state index in [0.717, 1.165) is 8.88 Å². The molecule has 0 unspecified atom stereocenters. The van der Waals surface area contributed by atoms with E-state index in [-0.39, 0.29) is 0 Å². The fraction of sp³-hybridized carbons (Fsp3) is 0.237. The standard InChI is InChI=1S/C18H22N4P.C10H15.10CO.2W/c1-21(2)17-9-5-15(6-10-17)13-19-23-20-14-16-7-11-18(12-8-16)22(3)4;1-6-7(2)9(4)10(5)8(6)3;10*1-2;;/h5-12,19-20H,1-4H3;1-5H3;;;;;;;;;;;;. The van der Waals surface area contributed by atoms with Gasteiger partial charge in [0.1, 0.15) is 0 Å². The van der Waals surface area contributed by atoms with Crippen molar-refractivity contribution in [2.75, 3.05) is 38.0 Å². The molecule has 1 saturated carbocycles. The first-order valence-electron chi connectivity index (χ1n) is 13.5. The minimum atomic E-state index is 1.00. The van der Waals surface area contributed by atoms with E-state index in [9.17, 15) is 0 Å². The third-order valence-corrected chi connectivity index (χ3v) is 10.7. The van der Waals surface area contributed by atoms with Crippen LogP contribution in [-0.2, 0) is 85.2 Å². The van der Waals surface area contributed by atoms with Gasteiger partial charge in [-0.25, -0.2) is 0 Å². The average molecular weight is 1110 g/mol. The summed E-state index contributed by atoms with van der Waals surface area (Å²) in [5.74, 6) is 7.34. The van der Waals surface area contributed by atoms with Crippen LogP contribution >= 0.6 is 8.88 Å². The summed E-state index contributed by atoms with van der Waals surface area (Å²) < 4.78 is 77.5. The van der Waals surface area contributed by atoms with Crippen molar-refractivity contribution < 1.29 is 85.2 Å². The monoisotopic (exact) mass is 1110 g/mol. The van der Waals surface area contributed by atoms with Gasteiger partial charge in [-0.1, -0.05) is 34.6 Å². The molecule has 1 fully saturated rings. The van der Waals surface area contributed by atoms with Gasteiger partial charge in [-0.2, -0.15) is 0 Å². The van der Waals surface area contributed by atoms with Crippen LogP contribution in [0.3, 0.4) is 0 Å². The summed E-state index contributed by atoms with van der Waals surface area (Å²) in [4.78, 5) is 4.23. The van der Waals surface area contributed by atoms with E-state index >= 15 is 0 Å². The van der Waals surface area contributed by atoms with Crippen LogP contribution in [0.1, 0.15) is 45.7 Å². The molecule has 1 aliphatic rings. The van der Waals surface area contributed by atoms with Crippen molar-refractivity contribution in [2.45, 2.75) is 34.6 Å². The second kappa shape index (κ2) is 57.6. The number of hydrogen-bond acceptors (Lipinski definition) is 4. The van der Waals surface area contributed by atoms with Gasteiger partial charge < -0.3 is 0 Å². The summed E-state index contributed by atoms with van der Waals surface area (Å²) >= 11 is 2.87. The van der Waals surface area contributed by atoms with E-state index in [4.69, 9.17) is 46.5 Å². The Balaban J connectivity index is -0.0000000840. The molecule has 286 valence electrons. The van der Waals surface area contributed by atoms with Crippen molar-refractivity contribution in [3.8, 4) is 0 Å². The topological polar surface area (TPSA) is 230 Å². The molecule has 0 aromatic heterocycles. The molecule has 0 aliphatic heterocycles. The van der Waals surface area contributed by atoms with Crippen LogP contribution in [0.25, 0.3) is 0 Å². The van der Waals surface area contributed by atoms with Gasteiger partial charge in [0, 0.05) is 0 Å².